The molecule has 0 radical (unpaired) electrons. The average Bonchev–Trinajstić information content (AvgIpc) is 2.77. The highest BCUT2D eigenvalue weighted by Crippen LogP contribution is 2.35. The molecule has 0 bridgehead atoms. The summed E-state index contributed by atoms with van der Waals surface area (Å²) >= 11 is 0. The lowest BCUT2D eigenvalue weighted by Crippen LogP contribution is -2.56. The van der Waals surface area contributed by atoms with Crippen LogP contribution in [-0.2, 0) is 9.59 Å². The number of nitrogens with zero attached hydrogens (tertiary/aromatic N) is 2. The SMILES string of the molecule is COc1ccc([C@H]2C(=O)N(c3ccc(C)c(C)c3)CC(=O)N2c2ccccc2)cc1. The van der Waals surface area contributed by atoms with Crippen molar-refractivity contribution in [3.05, 3.63) is 89.5 Å². The molecule has 1 atom stereocenters. The van der Waals surface area contributed by atoms with E-state index < -0.39 is 6.04 Å². The summed E-state index contributed by atoms with van der Waals surface area (Å²) in [7, 11) is 1.60. The molecule has 1 aliphatic heterocycles. The van der Waals surface area contributed by atoms with Crippen LogP contribution in [0.25, 0.3) is 0 Å². The van der Waals surface area contributed by atoms with Gasteiger partial charge in [0.2, 0.25) is 5.91 Å². The van der Waals surface area contributed by atoms with E-state index in [9.17, 15) is 9.59 Å². The van der Waals surface area contributed by atoms with Gasteiger partial charge in [0, 0.05) is 11.4 Å². The highest BCUT2D eigenvalue weighted by molar-refractivity contribution is 6.14. The fourth-order valence-corrected chi connectivity index (χ4v) is 3.76. The summed E-state index contributed by atoms with van der Waals surface area (Å²) in [6, 6.07) is 21.7. The predicted molar refractivity (Wildman–Crippen MR) is 118 cm³/mol. The second kappa shape index (κ2) is 8.03. The van der Waals surface area contributed by atoms with E-state index in [4.69, 9.17) is 4.74 Å². The van der Waals surface area contributed by atoms with Gasteiger partial charge in [0.15, 0.2) is 0 Å². The topological polar surface area (TPSA) is 49.9 Å². The van der Waals surface area contributed by atoms with Crippen molar-refractivity contribution in [2.24, 2.45) is 0 Å². The van der Waals surface area contributed by atoms with E-state index in [-0.39, 0.29) is 18.4 Å². The average molecular weight is 400 g/mol. The first-order chi connectivity index (χ1) is 14.5. The lowest BCUT2D eigenvalue weighted by Gasteiger charge is -2.40. The van der Waals surface area contributed by atoms with Gasteiger partial charge >= 0.3 is 0 Å². The zero-order valence-electron chi connectivity index (χ0n) is 17.3. The maximum atomic E-state index is 13.7. The van der Waals surface area contributed by atoms with Gasteiger partial charge in [0.1, 0.15) is 18.3 Å². The Bertz CT molecular complexity index is 1080. The fourth-order valence-electron chi connectivity index (χ4n) is 3.76. The molecule has 0 saturated carbocycles. The number of hydrogen-bond acceptors (Lipinski definition) is 3. The summed E-state index contributed by atoms with van der Waals surface area (Å²) in [5, 5.41) is 0. The molecule has 152 valence electrons. The highest BCUT2D eigenvalue weighted by Gasteiger charge is 2.41. The second-order valence-corrected chi connectivity index (χ2v) is 7.47. The van der Waals surface area contributed by atoms with Gasteiger partial charge in [0.25, 0.3) is 5.91 Å². The van der Waals surface area contributed by atoms with Gasteiger partial charge < -0.3 is 9.64 Å². The predicted octanol–water partition coefficient (Wildman–Crippen LogP) is 4.43. The van der Waals surface area contributed by atoms with Crippen molar-refractivity contribution in [2.45, 2.75) is 19.9 Å². The second-order valence-electron chi connectivity index (χ2n) is 7.47. The summed E-state index contributed by atoms with van der Waals surface area (Å²) in [4.78, 5) is 30.2. The molecule has 1 saturated heterocycles. The van der Waals surface area contributed by atoms with Crippen LogP contribution in [0.2, 0.25) is 0 Å². The summed E-state index contributed by atoms with van der Waals surface area (Å²) < 4.78 is 5.25. The Hall–Kier alpha value is -3.60. The van der Waals surface area contributed by atoms with Crippen molar-refractivity contribution in [1.29, 1.82) is 0 Å². The third kappa shape index (κ3) is 3.54. The van der Waals surface area contributed by atoms with Gasteiger partial charge in [-0.25, -0.2) is 0 Å². The van der Waals surface area contributed by atoms with Crippen LogP contribution in [0, 0.1) is 13.8 Å². The van der Waals surface area contributed by atoms with Crippen LogP contribution in [-0.4, -0.2) is 25.5 Å². The first-order valence-electron chi connectivity index (χ1n) is 9.89. The van der Waals surface area contributed by atoms with Crippen LogP contribution < -0.4 is 14.5 Å². The van der Waals surface area contributed by atoms with Gasteiger partial charge in [-0.1, -0.05) is 36.4 Å². The minimum absolute atomic E-state index is 0.00286. The number of carbonyl (C=O) groups is 2. The Kier molecular flexibility index (Phi) is 5.27. The zero-order chi connectivity index (χ0) is 21.3. The number of para-hydroxylation sites is 1. The van der Waals surface area contributed by atoms with Crippen LogP contribution in [0.1, 0.15) is 22.7 Å². The lowest BCUT2D eigenvalue weighted by atomic mass is 9.98. The van der Waals surface area contributed by atoms with E-state index in [1.54, 1.807) is 16.9 Å². The molecule has 0 aliphatic carbocycles. The zero-order valence-corrected chi connectivity index (χ0v) is 17.3. The van der Waals surface area contributed by atoms with Gasteiger partial charge in [-0.2, -0.15) is 0 Å². The molecule has 4 rings (SSSR count). The molecular weight excluding hydrogens is 376 g/mol. The number of anilines is 2. The van der Waals surface area contributed by atoms with Crippen LogP contribution in [0.15, 0.2) is 72.8 Å². The van der Waals surface area contributed by atoms with E-state index in [0.29, 0.717) is 11.4 Å². The van der Waals surface area contributed by atoms with E-state index in [1.165, 1.54) is 0 Å². The molecule has 0 unspecified atom stereocenters. The Morgan fingerprint density at radius 2 is 1.53 bits per heavy atom. The quantitative estimate of drug-likeness (QED) is 0.651. The summed E-state index contributed by atoms with van der Waals surface area (Å²) in [6.07, 6.45) is 0. The molecule has 1 aliphatic rings. The summed E-state index contributed by atoms with van der Waals surface area (Å²) in [6.45, 7) is 4.04. The molecule has 5 nitrogen and oxygen atoms in total. The molecule has 0 aromatic heterocycles. The number of methoxy groups -OCH3 is 1. The minimum atomic E-state index is -0.749. The Morgan fingerprint density at radius 3 is 2.17 bits per heavy atom. The minimum Gasteiger partial charge on any atom is -0.497 e. The molecule has 0 spiro atoms. The maximum Gasteiger partial charge on any atom is 0.255 e. The Labute approximate surface area is 176 Å². The molecule has 0 N–H and O–H groups in total. The van der Waals surface area contributed by atoms with Gasteiger partial charge in [-0.3, -0.25) is 14.5 Å². The van der Waals surface area contributed by atoms with Crippen LogP contribution in [0.4, 0.5) is 11.4 Å². The largest absolute Gasteiger partial charge is 0.497 e. The number of carbonyl (C=O) groups excluding carboxylic acids is 2. The Balaban J connectivity index is 1.80. The number of benzene rings is 3. The van der Waals surface area contributed by atoms with Crippen molar-refractivity contribution in [1.82, 2.24) is 0 Å². The normalized spacial score (nSPS) is 16.7. The monoisotopic (exact) mass is 400 g/mol. The summed E-state index contributed by atoms with van der Waals surface area (Å²) in [5.41, 5.74) is 4.41. The van der Waals surface area contributed by atoms with E-state index in [2.05, 4.69) is 0 Å². The number of amides is 2. The van der Waals surface area contributed by atoms with Crippen molar-refractivity contribution in [3.63, 3.8) is 0 Å². The number of aryl methyl sites for hydroxylation is 2. The fraction of sp³-hybridized carbons (Fsp3) is 0.200. The van der Waals surface area contributed by atoms with Crippen molar-refractivity contribution in [2.75, 3.05) is 23.5 Å². The molecule has 1 heterocycles. The molecule has 5 heteroatoms. The van der Waals surface area contributed by atoms with Crippen LogP contribution in [0.5, 0.6) is 5.75 Å². The number of hydrogen-bond donors (Lipinski definition) is 0. The molecule has 3 aromatic carbocycles. The van der Waals surface area contributed by atoms with E-state index >= 15 is 0 Å². The molecule has 2 amide bonds. The Morgan fingerprint density at radius 1 is 0.833 bits per heavy atom. The summed E-state index contributed by atoms with van der Waals surface area (Å²) in [5.74, 6) is 0.442. The third-order valence-electron chi connectivity index (χ3n) is 5.59. The molecule has 30 heavy (non-hydrogen) atoms. The molecule has 3 aromatic rings. The smallest absolute Gasteiger partial charge is 0.255 e. The van der Waals surface area contributed by atoms with Crippen molar-refractivity contribution >= 4 is 23.2 Å². The highest BCUT2D eigenvalue weighted by atomic mass is 16.5. The van der Waals surface area contributed by atoms with Crippen LogP contribution in [0.3, 0.4) is 0 Å². The van der Waals surface area contributed by atoms with Crippen molar-refractivity contribution < 1.29 is 14.3 Å². The first-order valence-corrected chi connectivity index (χ1v) is 9.89. The molecular formula is C25H24N2O3. The van der Waals surface area contributed by atoms with E-state index in [1.807, 2.05) is 86.6 Å². The number of ether oxygens (including phenoxy) is 1. The van der Waals surface area contributed by atoms with Crippen LogP contribution >= 0.6 is 0 Å². The van der Waals surface area contributed by atoms with E-state index in [0.717, 1.165) is 22.4 Å². The van der Waals surface area contributed by atoms with Gasteiger partial charge in [0.05, 0.1) is 7.11 Å². The molecule has 1 fully saturated rings. The maximum absolute atomic E-state index is 13.7. The van der Waals surface area contributed by atoms with Gasteiger partial charge in [-0.15, -0.1) is 0 Å². The lowest BCUT2D eigenvalue weighted by molar-refractivity contribution is -0.128. The number of rotatable bonds is 4. The van der Waals surface area contributed by atoms with Gasteiger partial charge in [-0.05, 0) is 66.9 Å². The third-order valence-corrected chi connectivity index (χ3v) is 5.59. The standard InChI is InChI=1S/C25H24N2O3/c1-17-9-12-21(15-18(17)2)26-16-23(28)27(20-7-5-4-6-8-20)24(25(26)29)19-10-13-22(30-3)14-11-19/h4-15,24H,16H2,1-3H3/t24-/m0/s1. The number of piperazine rings is 1. The first kappa shape index (κ1) is 19.7. The van der Waals surface area contributed by atoms with Crippen molar-refractivity contribution in [3.8, 4) is 5.75 Å².